The lowest BCUT2D eigenvalue weighted by Gasteiger charge is -2.27. The van der Waals surface area contributed by atoms with Crippen LogP contribution in [0.2, 0.25) is 0 Å². The molecule has 2 atom stereocenters. The molecule has 0 amide bonds. The average molecular weight is 157 g/mol. The molecule has 2 heteroatoms. The fraction of sp³-hybridized carbons (Fsp3) is 1.00. The zero-order valence-electron chi connectivity index (χ0n) is 7.38. The predicted molar refractivity (Wildman–Crippen MR) is 46.4 cm³/mol. The van der Waals surface area contributed by atoms with Crippen LogP contribution in [-0.2, 0) is 4.74 Å². The van der Waals surface area contributed by atoms with Gasteiger partial charge in [-0.3, -0.25) is 0 Å². The van der Waals surface area contributed by atoms with E-state index in [4.69, 9.17) is 10.5 Å². The summed E-state index contributed by atoms with van der Waals surface area (Å²) in [5, 5.41) is 0. The topological polar surface area (TPSA) is 35.2 Å². The first-order chi connectivity index (χ1) is 5.34. The van der Waals surface area contributed by atoms with Gasteiger partial charge in [0, 0.05) is 12.6 Å². The van der Waals surface area contributed by atoms with Crippen LogP contribution < -0.4 is 5.73 Å². The molecule has 11 heavy (non-hydrogen) atoms. The summed E-state index contributed by atoms with van der Waals surface area (Å²) in [6.45, 7) is 4.01. The lowest BCUT2D eigenvalue weighted by molar-refractivity contribution is 0.0437. The van der Waals surface area contributed by atoms with Gasteiger partial charge in [-0.15, -0.1) is 0 Å². The molecule has 1 saturated heterocycles. The number of rotatable bonds is 3. The van der Waals surface area contributed by atoms with Gasteiger partial charge in [-0.05, 0) is 25.2 Å². The molecule has 0 saturated carbocycles. The quantitative estimate of drug-likeness (QED) is 0.674. The second-order valence-corrected chi connectivity index (χ2v) is 3.43. The molecule has 0 radical (unpaired) electrons. The molecule has 1 fully saturated rings. The van der Waals surface area contributed by atoms with Gasteiger partial charge in [-0.2, -0.15) is 0 Å². The van der Waals surface area contributed by atoms with Gasteiger partial charge in [0.25, 0.3) is 0 Å². The number of ether oxygens (including phenoxy) is 1. The highest BCUT2D eigenvalue weighted by molar-refractivity contribution is 4.74. The van der Waals surface area contributed by atoms with Crippen molar-refractivity contribution in [1.82, 2.24) is 0 Å². The highest BCUT2D eigenvalue weighted by Gasteiger charge is 2.19. The van der Waals surface area contributed by atoms with Crippen LogP contribution in [-0.4, -0.2) is 19.3 Å². The summed E-state index contributed by atoms with van der Waals surface area (Å²) >= 11 is 0. The van der Waals surface area contributed by atoms with Gasteiger partial charge in [0.05, 0.1) is 6.61 Å². The van der Waals surface area contributed by atoms with Crippen LogP contribution in [0, 0.1) is 5.92 Å². The van der Waals surface area contributed by atoms with E-state index in [0.29, 0.717) is 12.0 Å². The second kappa shape index (κ2) is 4.73. The lowest BCUT2D eigenvalue weighted by Crippen LogP contribution is -2.35. The Morgan fingerprint density at radius 1 is 1.64 bits per heavy atom. The highest BCUT2D eigenvalue weighted by atomic mass is 16.5. The molecule has 0 bridgehead atoms. The predicted octanol–water partition coefficient (Wildman–Crippen LogP) is 1.54. The molecule has 1 heterocycles. The molecule has 0 spiro atoms. The average Bonchev–Trinajstić information content (AvgIpc) is 2.07. The van der Waals surface area contributed by atoms with Crippen molar-refractivity contribution in [3.05, 3.63) is 0 Å². The highest BCUT2D eigenvalue weighted by Crippen LogP contribution is 2.18. The van der Waals surface area contributed by atoms with Crippen LogP contribution in [0.5, 0.6) is 0 Å². The molecule has 0 aromatic rings. The molecule has 2 unspecified atom stereocenters. The lowest BCUT2D eigenvalue weighted by atomic mass is 9.92. The summed E-state index contributed by atoms with van der Waals surface area (Å²) in [5.41, 5.74) is 5.98. The van der Waals surface area contributed by atoms with E-state index in [9.17, 15) is 0 Å². The van der Waals surface area contributed by atoms with Crippen molar-refractivity contribution in [1.29, 1.82) is 0 Å². The Balaban J connectivity index is 2.21. The van der Waals surface area contributed by atoms with E-state index in [1.54, 1.807) is 0 Å². The molecule has 1 aliphatic rings. The van der Waals surface area contributed by atoms with E-state index < -0.39 is 0 Å². The fourth-order valence-electron chi connectivity index (χ4n) is 1.67. The Kier molecular flexibility index (Phi) is 3.87. The van der Waals surface area contributed by atoms with Crippen LogP contribution in [0.4, 0.5) is 0 Å². The molecular weight excluding hydrogens is 138 g/mol. The first-order valence-electron chi connectivity index (χ1n) is 4.68. The second-order valence-electron chi connectivity index (χ2n) is 3.43. The normalized spacial score (nSPS) is 28.4. The summed E-state index contributed by atoms with van der Waals surface area (Å²) in [6.07, 6.45) is 4.80. The van der Waals surface area contributed by atoms with Gasteiger partial charge in [-0.25, -0.2) is 0 Å². The van der Waals surface area contributed by atoms with Crippen molar-refractivity contribution in [2.24, 2.45) is 11.7 Å². The Labute approximate surface area is 69.1 Å². The minimum Gasteiger partial charge on any atom is -0.381 e. The summed E-state index contributed by atoms with van der Waals surface area (Å²) in [7, 11) is 0. The monoisotopic (exact) mass is 157 g/mol. The van der Waals surface area contributed by atoms with Gasteiger partial charge in [0.1, 0.15) is 0 Å². The number of nitrogens with two attached hydrogens (primary N) is 1. The van der Waals surface area contributed by atoms with Crippen LogP contribution in [0.15, 0.2) is 0 Å². The van der Waals surface area contributed by atoms with E-state index in [1.165, 1.54) is 19.3 Å². The first-order valence-corrected chi connectivity index (χ1v) is 4.68. The van der Waals surface area contributed by atoms with Gasteiger partial charge in [0.2, 0.25) is 0 Å². The first kappa shape index (κ1) is 9.01. The Bertz CT molecular complexity index is 99.7. The van der Waals surface area contributed by atoms with Gasteiger partial charge < -0.3 is 10.5 Å². The minimum absolute atomic E-state index is 0.375. The minimum atomic E-state index is 0.375. The van der Waals surface area contributed by atoms with E-state index in [2.05, 4.69) is 6.92 Å². The third-order valence-electron chi connectivity index (χ3n) is 2.42. The number of hydrogen-bond donors (Lipinski definition) is 1. The molecule has 0 aromatic carbocycles. The molecule has 1 aliphatic heterocycles. The third-order valence-corrected chi connectivity index (χ3v) is 2.42. The van der Waals surface area contributed by atoms with Gasteiger partial charge in [0.15, 0.2) is 0 Å². The summed E-state index contributed by atoms with van der Waals surface area (Å²) < 4.78 is 5.37. The Morgan fingerprint density at radius 2 is 2.45 bits per heavy atom. The van der Waals surface area contributed by atoms with Crippen LogP contribution >= 0.6 is 0 Å². The van der Waals surface area contributed by atoms with E-state index in [-0.39, 0.29) is 0 Å². The number of hydrogen-bond acceptors (Lipinski definition) is 2. The third kappa shape index (κ3) is 2.80. The zero-order valence-corrected chi connectivity index (χ0v) is 7.38. The Morgan fingerprint density at radius 3 is 3.00 bits per heavy atom. The van der Waals surface area contributed by atoms with Gasteiger partial charge >= 0.3 is 0 Å². The molecular formula is C9H19NO. The molecule has 2 nitrogen and oxygen atoms in total. The molecule has 0 aromatic heterocycles. The van der Waals surface area contributed by atoms with Crippen molar-refractivity contribution in [3.63, 3.8) is 0 Å². The standard InChI is InChI=1S/C9H19NO/c1-2-4-9(10)8-5-3-6-11-7-8/h8-9H,2-7,10H2,1H3. The summed E-state index contributed by atoms with van der Waals surface area (Å²) in [6, 6.07) is 0.375. The van der Waals surface area contributed by atoms with E-state index in [0.717, 1.165) is 19.6 Å². The molecule has 2 N–H and O–H groups in total. The maximum Gasteiger partial charge on any atom is 0.0509 e. The SMILES string of the molecule is CCCC(N)C1CCCOC1. The van der Waals surface area contributed by atoms with Crippen LogP contribution in [0.1, 0.15) is 32.6 Å². The Hall–Kier alpha value is -0.0800. The van der Waals surface area contributed by atoms with Crippen LogP contribution in [0.3, 0.4) is 0 Å². The van der Waals surface area contributed by atoms with E-state index in [1.807, 2.05) is 0 Å². The summed E-state index contributed by atoms with van der Waals surface area (Å²) in [5.74, 6) is 0.628. The smallest absolute Gasteiger partial charge is 0.0509 e. The van der Waals surface area contributed by atoms with E-state index >= 15 is 0 Å². The molecule has 66 valence electrons. The van der Waals surface area contributed by atoms with Crippen molar-refractivity contribution >= 4 is 0 Å². The fourth-order valence-corrected chi connectivity index (χ4v) is 1.67. The van der Waals surface area contributed by atoms with Crippen LogP contribution in [0.25, 0.3) is 0 Å². The van der Waals surface area contributed by atoms with Gasteiger partial charge in [-0.1, -0.05) is 13.3 Å². The molecule has 0 aliphatic carbocycles. The van der Waals surface area contributed by atoms with Crippen molar-refractivity contribution in [2.45, 2.75) is 38.6 Å². The summed E-state index contributed by atoms with van der Waals surface area (Å²) in [4.78, 5) is 0. The molecule has 1 rings (SSSR count). The van der Waals surface area contributed by atoms with Crippen molar-refractivity contribution < 1.29 is 4.74 Å². The largest absolute Gasteiger partial charge is 0.381 e. The zero-order chi connectivity index (χ0) is 8.10. The van der Waals surface area contributed by atoms with Crippen molar-refractivity contribution in [3.8, 4) is 0 Å². The van der Waals surface area contributed by atoms with Crippen molar-refractivity contribution in [2.75, 3.05) is 13.2 Å². The maximum atomic E-state index is 5.98. The maximum absolute atomic E-state index is 5.98.